The van der Waals surface area contributed by atoms with Gasteiger partial charge in [-0.15, -0.1) is 0 Å². The van der Waals surface area contributed by atoms with Gasteiger partial charge in [0.15, 0.2) is 0 Å². The van der Waals surface area contributed by atoms with E-state index in [9.17, 15) is 0 Å². The molecule has 0 unspecified atom stereocenters. The summed E-state index contributed by atoms with van der Waals surface area (Å²) in [6.45, 7) is 3.59. The van der Waals surface area contributed by atoms with Crippen LogP contribution in [0.15, 0.2) is 0 Å². The average Bonchev–Trinajstić information content (AvgIpc) is 1.89. The summed E-state index contributed by atoms with van der Waals surface area (Å²) in [7, 11) is 0. The van der Waals surface area contributed by atoms with Gasteiger partial charge in [-0.3, -0.25) is 0 Å². The van der Waals surface area contributed by atoms with Crippen molar-refractivity contribution in [2.45, 2.75) is 13.3 Å². The van der Waals surface area contributed by atoms with E-state index in [1.54, 1.807) is 0 Å². The summed E-state index contributed by atoms with van der Waals surface area (Å²) >= 11 is 0. The lowest BCUT2D eigenvalue weighted by atomic mass is 9.92. The van der Waals surface area contributed by atoms with Crippen molar-refractivity contribution in [1.82, 2.24) is 0 Å². The van der Waals surface area contributed by atoms with E-state index in [4.69, 9.17) is 10.00 Å². The number of nitrogens with zero attached hydrogens (tertiary/aromatic N) is 1. The van der Waals surface area contributed by atoms with Crippen LogP contribution in [0, 0.1) is 23.2 Å². The van der Waals surface area contributed by atoms with Crippen LogP contribution in [0.2, 0.25) is 0 Å². The van der Waals surface area contributed by atoms with Crippen LogP contribution >= 0.6 is 0 Å². The SMILES string of the molecule is C[C@H]1COCC[C@H]1C#N. The summed E-state index contributed by atoms with van der Waals surface area (Å²) < 4.78 is 5.16. The number of ether oxygens (including phenoxy) is 1. The maximum atomic E-state index is 8.56. The molecule has 2 nitrogen and oxygen atoms in total. The third kappa shape index (κ3) is 1.43. The largest absolute Gasteiger partial charge is 0.381 e. The van der Waals surface area contributed by atoms with Gasteiger partial charge in [0.1, 0.15) is 0 Å². The summed E-state index contributed by atoms with van der Waals surface area (Å²) in [5, 5.41) is 8.56. The molecule has 1 rings (SSSR count). The molecule has 9 heavy (non-hydrogen) atoms. The fourth-order valence-corrected chi connectivity index (χ4v) is 1.07. The first-order valence-electron chi connectivity index (χ1n) is 3.32. The zero-order chi connectivity index (χ0) is 6.69. The van der Waals surface area contributed by atoms with E-state index in [1.165, 1.54) is 0 Å². The normalized spacial score (nSPS) is 35.6. The second-order valence-corrected chi connectivity index (χ2v) is 2.58. The van der Waals surface area contributed by atoms with Crippen LogP contribution in [0.4, 0.5) is 0 Å². The maximum absolute atomic E-state index is 8.56. The number of hydrogen-bond acceptors (Lipinski definition) is 2. The smallest absolute Gasteiger partial charge is 0.0660 e. The van der Waals surface area contributed by atoms with E-state index < -0.39 is 0 Å². The molecule has 0 amide bonds. The van der Waals surface area contributed by atoms with Gasteiger partial charge in [0, 0.05) is 6.61 Å². The highest BCUT2D eigenvalue weighted by Gasteiger charge is 2.20. The molecule has 0 aromatic rings. The second-order valence-electron chi connectivity index (χ2n) is 2.58. The Balaban J connectivity index is 2.41. The maximum Gasteiger partial charge on any atom is 0.0660 e. The lowest BCUT2D eigenvalue weighted by Gasteiger charge is -2.22. The molecule has 1 aliphatic heterocycles. The van der Waals surface area contributed by atoms with Crippen molar-refractivity contribution >= 4 is 0 Å². The van der Waals surface area contributed by atoms with Crippen LogP contribution in [0.3, 0.4) is 0 Å². The van der Waals surface area contributed by atoms with Gasteiger partial charge >= 0.3 is 0 Å². The Morgan fingerprint density at radius 2 is 2.44 bits per heavy atom. The molecule has 2 heteroatoms. The third-order valence-electron chi connectivity index (χ3n) is 1.81. The zero-order valence-corrected chi connectivity index (χ0v) is 5.63. The molecule has 50 valence electrons. The van der Waals surface area contributed by atoms with Gasteiger partial charge in [0.25, 0.3) is 0 Å². The molecule has 0 spiro atoms. The topological polar surface area (TPSA) is 33.0 Å². The molecule has 1 fully saturated rings. The van der Waals surface area contributed by atoms with E-state index >= 15 is 0 Å². The van der Waals surface area contributed by atoms with Crippen molar-refractivity contribution in [3.05, 3.63) is 0 Å². The van der Waals surface area contributed by atoms with E-state index in [-0.39, 0.29) is 5.92 Å². The number of rotatable bonds is 0. The Hall–Kier alpha value is -0.550. The molecule has 0 aliphatic carbocycles. The van der Waals surface area contributed by atoms with Crippen molar-refractivity contribution in [3.63, 3.8) is 0 Å². The van der Waals surface area contributed by atoms with Crippen LogP contribution in [0.5, 0.6) is 0 Å². The van der Waals surface area contributed by atoms with E-state index in [0.717, 1.165) is 19.6 Å². The average molecular weight is 125 g/mol. The molecule has 2 atom stereocenters. The van der Waals surface area contributed by atoms with Crippen molar-refractivity contribution in [3.8, 4) is 6.07 Å². The lowest BCUT2D eigenvalue weighted by molar-refractivity contribution is 0.0408. The van der Waals surface area contributed by atoms with E-state index in [0.29, 0.717) is 5.92 Å². The quantitative estimate of drug-likeness (QED) is 0.487. The van der Waals surface area contributed by atoms with Crippen LogP contribution in [-0.4, -0.2) is 13.2 Å². The Bertz CT molecular complexity index is 127. The molecular formula is C7H11NO. The monoisotopic (exact) mass is 125 g/mol. The highest BCUT2D eigenvalue weighted by atomic mass is 16.5. The van der Waals surface area contributed by atoms with Gasteiger partial charge in [-0.1, -0.05) is 6.92 Å². The Kier molecular flexibility index (Phi) is 2.07. The van der Waals surface area contributed by atoms with Crippen molar-refractivity contribution in [2.75, 3.05) is 13.2 Å². The number of hydrogen-bond donors (Lipinski definition) is 0. The molecule has 1 heterocycles. The molecule has 1 saturated heterocycles. The minimum Gasteiger partial charge on any atom is -0.381 e. The third-order valence-corrected chi connectivity index (χ3v) is 1.81. The fraction of sp³-hybridized carbons (Fsp3) is 0.857. The lowest BCUT2D eigenvalue weighted by Crippen LogP contribution is -2.23. The van der Waals surface area contributed by atoms with Crippen LogP contribution in [0.1, 0.15) is 13.3 Å². The van der Waals surface area contributed by atoms with E-state index in [1.807, 2.05) is 0 Å². The van der Waals surface area contributed by atoms with Gasteiger partial charge in [-0.2, -0.15) is 5.26 Å². The summed E-state index contributed by atoms with van der Waals surface area (Å²) in [6, 6.07) is 2.27. The predicted molar refractivity (Wildman–Crippen MR) is 33.7 cm³/mol. The van der Waals surface area contributed by atoms with Crippen LogP contribution < -0.4 is 0 Å². The summed E-state index contributed by atoms with van der Waals surface area (Å²) in [5.74, 6) is 0.669. The molecule has 0 N–H and O–H groups in total. The van der Waals surface area contributed by atoms with Gasteiger partial charge in [0.05, 0.1) is 18.6 Å². The molecule has 0 saturated carbocycles. The standard InChI is InChI=1S/C7H11NO/c1-6-5-9-3-2-7(6)4-8/h6-7H,2-3,5H2,1H3/t6-,7-/m0/s1. The Labute approximate surface area is 55.4 Å². The first kappa shape index (κ1) is 6.57. The molecular weight excluding hydrogens is 114 g/mol. The van der Waals surface area contributed by atoms with Gasteiger partial charge in [0.2, 0.25) is 0 Å². The van der Waals surface area contributed by atoms with Crippen LogP contribution in [-0.2, 0) is 4.74 Å². The minimum absolute atomic E-state index is 0.235. The van der Waals surface area contributed by atoms with Crippen LogP contribution in [0.25, 0.3) is 0 Å². The van der Waals surface area contributed by atoms with Crippen molar-refractivity contribution < 1.29 is 4.74 Å². The zero-order valence-electron chi connectivity index (χ0n) is 5.63. The summed E-state index contributed by atoms with van der Waals surface area (Å²) in [6.07, 6.45) is 0.914. The highest BCUT2D eigenvalue weighted by Crippen LogP contribution is 2.19. The molecule has 0 bridgehead atoms. The molecule has 1 aliphatic rings. The van der Waals surface area contributed by atoms with Crippen molar-refractivity contribution in [1.29, 1.82) is 5.26 Å². The first-order valence-corrected chi connectivity index (χ1v) is 3.32. The van der Waals surface area contributed by atoms with Gasteiger partial charge < -0.3 is 4.74 Å². The summed E-state index contributed by atoms with van der Waals surface area (Å²) in [4.78, 5) is 0. The second kappa shape index (κ2) is 2.84. The highest BCUT2D eigenvalue weighted by molar-refractivity contribution is 4.87. The van der Waals surface area contributed by atoms with E-state index in [2.05, 4.69) is 13.0 Å². The van der Waals surface area contributed by atoms with Crippen molar-refractivity contribution in [2.24, 2.45) is 11.8 Å². The molecule has 0 aromatic carbocycles. The van der Waals surface area contributed by atoms with Gasteiger partial charge in [-0.25, -0.2) is 0 Å². The minimum atomic E-state index is 0.235. The number of nitriles is 1. The summed E-state index contributed by atoms with van der Waals surface area (Å²) in [5.41, 5.74) is 0. The molecule has 0 aromatic heterocycles. The Morgan fingerprint density at radius 1 is 1.67 bits per heavy atom. The van der Waals surface area contributed by atoms with Gasteiger partial charge in [-0.05, 0) is 12.3 Å². The Morgan fingerprint density at radius 3 is 2.89 bits per heavy atom. The first-order chi connectivity index (χ1) is 4.34. The fourth-order valence-electron chi connectivity index (χ4n) is 1.07. The molecule has 0 radical (unpaired) electrons. The predicted octanol–water partition coefficient (Wildman–Crippen LogP) is 1.18.